The van der Waals surface area contributed by atoms with E-state index in [2.05, 4.69) is 4.74 Å². The second-order valence-electron chi connectivity index (χ2n) is 8.59. The van der Waals surface area contributed by atoms with Gasteiger partial charge in [-0.05, 0) is 48.4 Å². The molecule has 1 N–H and O–H groups in total. The Hall–Kier alpha value is -3.65. The first-order valence-corrected chi connectivity index (χ1v) is 13.1. The SMILES string of the molecule is O=C(O)CC[C@H]1CN(S(=O)(=O)c2cccc(C(F)(F)F)c2)c2cc(-c3cc(F)cc(OC(F)F)c3)c(Cl)cc2O1. The molecule has 0 saturated carbocycles. The van der Waals surface area contributed by atoms with Crippen LogP contribution in [0.4, 0.5) is 32.0 Å². The van der Waals surface area contributed by atoms with Gasteiger partial charge in [-0.1, -0.05) is 17.7 Å². The van der Waals surface area contributed by atoms with Crippen molar-refractivity contribution in [2.24, 2.45) is 0 Å². The fourth-order valence-corrected chi connectivity index (χ4v) is 5.87. The highest BCUT2D eigenvalue weighted by molar-refractivity contribution is 7.92. The average Bonchev–Trinajstić information content (AvgIpc) is 2.85. The largest absolute Gasteiger partial charge is 0.486 e. The molecular weight excluding hydrogens is 592 g/mol. The van der Waals surface area contributed by atoms with E-state index in [9.17, 15) is 39.6 Å². The molecular formula is C25H18ClF6NO6S. The number of ether oxygens (including phenoxy) is 2. The molecule has 0 saturated heterocycles. The van der Waals surface area contributed by atoms with Crippen LogP contribution in [0.25, 0.3) is 11.1 Å². The second kappa shape index (κ2) is 11.1. The Labute approximate surface area is 228 Å². The van der Waals surface area contributed by atoms with Gasteiger partial charge in [-0.2, -0.15) is 22.0 Å². The number of nitrogens with zero attached hydrogens (tertiary/aromatic N) is 1. The standard InChI is InChI=1S/C25H18ClF6NO6S/c26-20-11-22-21(10-19(20)13-6-15(27)9-17(7-13)39-24(28)29)33(12-16(38-22)4-5-23(34)35)40(36,37)18-3-1-2-14(8-18)25(30,31)32/h1-3,6-11,16,24H,4-5,12H2,(H,34,35)/t16-/m0/s1. The van der Waals surface area contributed by atoms with Gasteiger partial charge in [0, 0.05) is 24.1 Å². The lowest BCUT2D eigenvalue weighted by Crippen LogP contribution is -2.43. The van der Waals surface area contributed by atoms with Crippen molar-refractivity contribution in [1.29, 1.82) is 0 Å². The zero-order valence-corrected chi connectivity index (χ0v) is 21.5. The third-order valence-corrected chi connectivity index (χ3v) is 7.91. The summed E-state index contributed by atoms with van der Waals surface area (Å²) in [6, 6.07) is 8.00. The predicted octanol–water partition coefficient (Wildman–Crippen LogP) is 6.59. The molecule has 3 aromatic rings. The van der Waals surface area contributed by atoms with Gasteiger partial charge in [0.1, 0.15) is 23.4 Å². The van der Waals surface area contributed by atoms with Gasteiger partial charge in [-0.3, -0.25) is 9.10 Å². The van der Waals surface area contributed by atoms with E-state index in [0.717, 1.165) is 40.7 Å². The van der Waals surface area contributed by atoms with E-state index >= 15 is 0 Å². The van der Waals surface area contributed by atoms with Crippen LogP contribution in [0.3, 0.4) is 0 Å². The quantitative estimate of drug-likeness (QED) is 0.290. The topological polar surface area (TPSA) is 93.1 Å². The van der Waals surface area contributed by atoms with E-state index in [1.807, 2.05) is 0 Å². The number of aliphatic carboxylic acids is 1. The Bertz CT molecular complexity index is 1550. The molecule has 214 valence electrons. The first-order chi connectivity index (χ1) is 18.6. The number of hydrogen-bond donors (Lipinski definition) is 1. The molecule has 1 atom stereocenters. The third kappa shape index (κ3) is 6.39. The van der Waals surface area contributed by atoms with Crippen LogP contribution in [-0.2, 0) is 21.0 Å². The fourth-order valence-electron chi connectivity index (χ4n) is 4.07. The number of carboxylic acid groups (broad SMARTS) is 1. The minimum absolute atomic E-state index is 0.0316. The van der Waals surface area contributed by atoms with Gasteiger partial charge < -0.3 is 14.6 Å². The summed E-state index contributed by atoms with van der Waals surface area (Å²) in [6.45, 7) is -3.75. The van der Waals surface area contributed by atoms with Gasteiger partial charge in [0.05, 0.1) is 27.7 Å². The Kier molecular flexibility index (Phi) is 8.13. The normalized spacial score (nSPS) is 15.5. The van der Waals surface area contributed by atoms with Crippen LogP contribution in [0.5, 0.6) is 11.5 Å². The fraction of sp³-hybridized carbons (Fsp3) is 0.240. The van der Waals surface area contributed by atoms with E-state index < -0.39 is 69.9 Å². The van der Waals surface area contributed by atoms with Crippen molar-refractivity contribution in [3.05, 3.63) is 71.0 Å². The summed E-state index contributed by atoms with van der Waals surface area (Å²) in [5, 5.41) is 8.93. The minimum Gasteiger partial charge on any atom is -0.486 e. The highest BCUT2D eigenvalue weighted by Gasteiger charge is 2.37. The van der Waals surface area contributed by atoms with Crippen molar-refractivity contribution < 1.29 is 54.1 Å². The number of carbonyl (C=O) groups is 1. The van der Waals surface area contributed by atoms with E-state index in [1.54, 1.807) is 0 Å². The van der Waals surface area contributed by atoms with Crippen LogP contribution >= 0.6 is 11.6 Å². The lowest BCUT2D eigenvalue weighted by atomic mass is 10.0. The summed E-state index contributed by atoms with van der Waals surface area (Å²) in [4.78, 5) is 10.4. The van der Waals surface area contributed by atoms with Gasteiger partial charge in [-0.25, -0.2) is 12.8 Å². The lowest BCUT2D eigenvalue weighted by Gasteiger charge is -2.36. The van der Waals surface area contributed by atoms with E-state index in [4.69, 9.17) is 21.4 Å². The smallest absolute Gasteiger partial charge is 0.416 e. The summed E-state index contributed by atoms with van der Waals surface area (Å²) in [5.74, 6) is -2.85. The maximum atomic E-state index is 14.2. The average molecular weight is 610 g/mol. The summed E-state index contributed by atoms with van der Waals surface area (Å²) in [6.07, 6.45) is -6.42. The second-order valence-corrected chi connectivity index (χ2v) is 10.9. The number of hydrogen-bond acceptors (Lipinski definition) is 5. The number of anilines is 1. The highest BCUT2D eigenvalue weighted by Crippen LogP contribution is 2.45. The van der Waals surface area contributed by atoms with Gasteiger partial charge in [-0.15, -0.1) is 0 Å². The van der Waals surface area contributed by atoms with Crippen molar-refractivity contribution in [3.63, 3.8) is 0 Å². The number of halogens is 7. The molecule has 1 aliphatic rings. The van der Waals surface area contributed by atoms with Gasteiger partial charge in [0.25, 0.3) is 10.0 Å². The zero-order chi connectivity index (χ0) is 29.4. The summed E-state index contributed by atoms with van der Waals surface area (Å²) >= 11 is 6.35. The summed E-state index contributed by atoms with van der Waals surface area (Å²) < 4.78 is 118. The molecule has 4 rings (SSSR count). The molecule has 0 bridgehead atoms. The molecule has 1 aliphatic heterocycles. The Morgan fingerprint density at radius 2 is 1.88 bits per heavy atom. The number of rotatable bonds is 8. The van der Waals surface area contributed by atoms with E-state index in [-0.39, 0.29) is 34.0 Å². The summed E-state index contributed by atoms with van der Waals surface area (Å²) in [7, 11) is -4.71. The maximum Gasteiger partial charge on any atom is 0.416 e. The van der Waals surface area contributed by atoms with Gasteiger partial charge in [0.2, 0.25) is 0 Å². The van der Waals surface area contributed by atoms with E-state index in [1.165, 1.54) is 0 Å². The number of carboxylic acids is 1. The predicted molar refractivity (Wildman–Crippen MR) is 131 cm³/mol. The monoisotopic (exact) mass is 609 g/mol. The number of benzene rings is 3. The maximum absolute atomic E-state index is 14.2. The third-order valence-electron chi connectivity index (χ3n) is 5.82. The zero-order valence-electron chi connectivity index (χ0n) is 20.0. The van der Waals surface area contributed by atoms with Crippen LogP contribution in [0.15, 0.2) is 59.5 Å². The van der Waals surface area contributed by atoms with Crippen molar-refractivity contribution in [2.45, 2.75) is 36.6 Å². The van der Waals surface area contributed by atoms with Crippen molar-refractivity contribution in [2.75, 3.05) is 10.8 Å². The van der Waals surface area contributed by atoms with Crippen molar-refractivity contribution in [3.8, 4) is 22.6 Å². The Balaban J connectivity index is 1.86. The molecule has 0 amide bonds. The molecule has 0 unspecified atom stereocenters. The summed E-state index contributed by atoms with van der Waals surface area (Å²) in [5.41, 5.74) is -1.53. The molecule has 0 fully saturated rings. The molecule has 1 heterocycles. The molecule has 3 aromatic carbocycles. The van der Waals surface area contributed by atoms with Gasteiger partial charge >= 0.3 is 18.8 Å². The van der Waals surface area contributed by atoms with Crippen LogP contribution in [0, 0.1) is 5.82 Å². The number of alkyl halides is 5. The Morgan fingerprint density at radius 1 is 1.15 bits per heavy atom. The molecule has 15 heteroatoms. The number of fused-ring (bicyclic) bond motifs is 1. The molecule has 0 spiro atoms. The highest BCUT2D eigenvalue weighted by atomic mass is 35.5. The van der Waals surface area contributed by atoms with Crippen LogP contribution in [-0.4, -0.2) is 38.8 Å². The van der Waals surface area contributed by atoms with Crippen LogP contribution in [0.2, 0.25) is 5.02 Å². The molecule has 0 aromatic heterocycles. The van der Waals surface area contributed by atoms with E-state index in [0.29, 0.717) is 18.2 Å². The minimum atomic E-state index is -4.84. The molecule has 0 radical (unpaired) electrons. The first-order valence-electron chi connectivity index (χ1n) is 11.3. The van der Waals surface area contributed by atoms with Crippen LogP contribution < -0.4 is 13.8 Å². The molecule has 0 aliphatic carbocycles. The van der Waals surface area contributed by atoms with Gasteiger partial charge in [0.15, 0.2) is 0 Å². The van der Waals surface area contributed by atoms with Crippen LogP contribution in [0.1, 0.15) is 18.4 Å². The molecule has 7 nitrogen and oxygen atoms in total. The number of sulfonamides is 1. The molecule has 40 heavy (non-hydrogen) atoms. The first kappa shape index (κ1) is 29.3. The lowest BCUT2D eigenvalue weighted by molar-refractivity contribution is -0.138. The Morgan fingerprint density at radius 3 is 2.52 bits per heavy atom. The van der Waals surface area contributed by atoms with Crippen molar-refractivity contribution >= 4 is 33.3 Å². The van der Waals surface area contributed by atoms with Crippen molar-refractivity contribution in [1.82, 2.24) is 0 Å².